The summed E-state index contributed by atoms with van der Waals surface area (Å²) in [5, 5.41) is 16.6. The average molecular weight is 326 g/mol. The molecule has 2 rings (SSSR count). The van der Waals surface area contributed by atoms with Crippen molar-refractivity contribution in [2.24, 2.45) is 0 Å². The maximum atomic E-state index is 11.7. The molecule has 1 heterocycles. The van der Waals surface area contributed by atoms with Gasteiger partial charge in [-0.3, -0.25) is 4.79 Å². The second kappa shape index (κ2) is 5.57. The summed E-state index contributed by atoms with van der Waals surface area (Å²) in [7, 11) is 0. The predicted octanol–water partition coefficient (Wildman–Crippen LogP) is 1.59. The molecule has 98 valence electrons. The minimum absolute atomic E-state index is 0.142. The summed E-state index contributed by atoms with van der Waals surface area (Å²) in [5.41, 5.74) is 0.628. The number of nitrogens with zero attached hydrogens (tertiary/aromatic N) is 4. The molecule has 0 bridgehead atoms. The summed E-state index contributed by atoms with van der Waals surface area (Å²) in [6.07, 6.45) is 1.14. The lowest BCUT2D eigenvalue weighted by Gasteiger charge is -2.03. The molecule has 1 aromatic heterocycles. The first kappa shape index (κ1) is 13.1. The van der Waals surface area contributed by atoms with Gasteiger partial charge in [0, 0.05) is 15.3 Å². The SMILES string of the molecule is O=C(Cn1cnc([N+](=O)[O-])n1)Nc1ccc(Br)cc1. The fourth-order valence-electron chi connectivity index (χ4n) is 1.33. The van der Waals surface area contributed by atoms with Crippen molar-refractivity contribution in [2.75, 3.05) is 5.32 Å². The Hall–Kier alpha value is -2.29. The number of nitrogens with one attached hydrogen (secondary N) is 1. The zero-order chi connectivity index (χ0) is 13.8. The van der Waals surface area contributed by atoms with Crippen molar-refractivity contribution in [2.45, 2.75) is 6.54 Å². The number of aromatic nitrogens is 3. The number of carbonyl (C=O) groups excluding carboxylic acids is 1. The highest BCUT2D eigenvalue weighted by atomic mass is 79.9. The number of benzene rings is 1. The monoisotopic (exact) mass is 325 g/mol. The number of carbonyl (C=O) groups is 1. The van der Waals surface area contributed by atoms with Crippen LogP contribution < -0.4 is 5.32 Å². The second-order valence-corrected chi connectivity index (χ2v) is 4.47. The van der Waals surface area contributed by atoms with Crippen LogP contribution >= 0.6 is 15.9 Å². The third kappa shape index (κ3) is 3.58. The zero-order valence-electron chi connectivity index (χ0n) is 9.49. The number of nitro groups is 1. The molecule has 0 saturated carbocycles. The van der Waals surface area contributed by atoms with Gasteiger partial charge in [-0.25, -0.2) is 0 Å². The molecule has 0 spiro atoms. The Balaban J connectivity index is 1.97. The fourth-order valence-corrected chi connectivity index (χ4v) is 1.59. The first-order valence-electron chi connectivity index (χ1n) is 5.14. The molecule has 0 radical (unpaired) electrons. The lowest BCUT2D eigenvalue weighted by molar-refractivity contribution is -0.394. The number of halogens is 1. The van der Waals surface area contributed by atoms with E-state index in [4.69, 9.17) is 0 Å². The number of amides is 1. The van der Waals surface area contributed by atoms with Gasteiger partial charge in [0.1, 0.15) is 6.54 Å². The van der Waals surface area contributed by atoms with E-state index in [1.165, 1.54) is 0 Å². The van der Waals surface area contributed by atoms with E-state index in [9.17, 15) is 14.9 Å². The van der Waals surface area contributed by atoms with Crippen LogP contribution in [-0.4, -0.2) is 25.6 Å². The van der Waals surface area contributed by atoms with Crippen LogP contribution in [0.25, 0.3) is 0 Å². The molecule has 2 aromatic rings. The number of rotatable bonds is 4. The quantitative estimate of drug-likeness (QED) is 0.679. The molecule has 0 unspecified atom stereocenters. The van der Waals surface area contributed by atoms with Gasteiger partial charge < -0.3 is 15.4 Å². The summed E-state index contributed by atoms with van der Waals surface area (Å²) in [5.74, 6) is -0.876. The van der Waals surface area contributed by atoms with Crippen LogP contribution in [0.3, 0.4) is 0 Å². The number of hydrogen-bond acceptors (Lipinski definition) is 5. The van der Waals surface area contributed by atoms with Crippen molar-refractivity contribution in [3.05, 3.63) is 45.2 Å². The minimum Gasteiger partial charge on any atom is -0.390 e. The molecule has 0 aliphatic heterocycles. The first-order chi connectivity index (χ1) is 9.04. The van der Waals surface area contributed by atoms with E-state index in [1.54, 1.807) is 24.3 Å². The molecular weight excluding hydrogens is 318 g/mol. The summed E-state index contributed by atoms with van der Waals surface area (Å²) >= 11 is 3.28. The Bertz CT molecular complexity index is 610. The molecule has 9 heteroatoms. The van der Waals surface area contributed by atoms with Gasteiger partial charge in [-0.2, -0.15) is 4.68 Å². The zero-order valence-corrected chi connectivity index (χ0v) is 11.1. The molecule has 1 N–H and O–H groups in total. The van der Waals surface area contributed by atoms with Crippen LogP contribution in [0.1, 0.15) is 0 Å². The summed E-state index contributed by atoms with van der Waals surface area (Å²) < 4.78 is 2.00. The highest BCUT2D eigenvalue weighted by molar-refractivity contribution is 9.10. The lowest BCUT2D eigenvalue weighted by atomic mass is 10.3. The van der Waals surface area contributed by atoms with Crippen molar-refractivity contribution in [1.82, 2.24) is 14.8 Å². The van der Waals surface area contributed by atoms with E-state index in [1.807, 2.05) is 0 Å². The lowest BCUT2D eigenvalue weighted by Crippen LogP contribution is -2.19. The van der Waals surface area contributed by atoms with Crippen molar-refractivity contribution >= 4 is 33.5 Å². The first-order valence-corrected chi connectivity index (χ1v) is 5.93. The molecular formula is C10H8BrN5O3. The van der Waals surface area contributed by atoms with E-state index < -0.39 is 10.9 Å². The van der Waals surface area contributed by atoms with E-state index in [0.29, 0.717) is 5.69 Å². The third-order valence-electron chi connectivity index (χ3n) is 2.12. The van der Waals surface area contributed by atoms with Crippen LogP contribution in [0, 0.1) is 10.1 Å². The molecule has 8 nitrogen and oxygen atoms in total. The largest absolute Gasteiger partial charge is 0.490 e. The van der Waals surface area contributed by atoms with Crippen molar-refractivity contribution < 1.29 is 9.72 Å². The fraction of sp³-hybridized carbons (Fsp3) is 0.100. The van der Waals surface area contributed by atoms with Crippen molar-refractivity contribution in [3.8, 4) is 0 Å². The van der Waals surface area contributed by atoms with Crippen LogP contribution in [0.15, 0.2) is 35.1 Å². The average Bonchev–Trinajstić information content (AvgIpc) is 2.80. The van der Waals surface area contributed by atoms with Gasteiger partial charge in [0.2, 0.25) is 12.2 Å². The smallest absolute Gasteiger partial charge is 0.390 e. The molecule has 1 aromatic carbocycles. The van der Waals surface area contributed by atoms with E-state index in [0.717, 1.165) is 15.5 Å². The normalized spacial score (nSPS) is 10.2. The van der Waals surface area contributed by atoms with Gasteiger partial charge in [0.05, 0.1) is 0 Å². The van der Waals surface area contributed by atoms with Gasteiger partial charge in [-0.1, -0.05) is 20.9 Å². The van der Waals surface area contributed by atoms with Crippen LogP contribution in [0.4, 0.5) is 11.6 Å². The van der Waals surface area contributed by atoms with E-state index in [2.05, 4.69) is 31.3 Å². The number of anilines is 1. The Morgan fingerprint density at radius 2 is 2.11 bits per heavy atom. The van der Waals surface area contributed by atoms with Crippen LogP contribution in [0.5, 0.6) is 0 Å². The van der Waals surface area contributed by atoms with Gasteiger partial charge >= 0.3 is 5.95 Å². The van der Waals surface area contributed by atoms with E-state index in [-0.39, 0.29) is 12.5 Å². The Labute approximate surface area is 115 Å². The molecule has 0 aliphatic rings. The Morgan fingerprint density at radius 1 is 1.42 bits per heavy atom. The van der Waals surface area contributed by atoms with Crippen LogP contribution in [-0.2, 0) is 11.3 Å². The maximum absolute atomic E-state index is 11.7. The summed E-state index contributed by atoms with van der Waals surface area (Å²) in [6.45, 7) is -0.142. The Kier molecular flexibility index (Phi) is 3.85. The summed E-state index contributed by atoms with van der Waals surface area (Å²) in [6, 6.07) is 7.03. The molecule has 0 atom stereocenters. The Morgan fingerprint density at radius 3 is 2.68 bits per heavy atom. The molecule has 0 fully saturated rings. The number of hydrogen-bond donors (Lipinski definition) is 1. The van der Waals surface area contributed by atoms with Gasteiger partial charge in [0.15, 0.2) is 0 Å². The van der Waals surface area contributed by atoms with Crippen molar-refractivity contribution in [1.29, 1.82) is 0 Å². The molecule has 19 heavy (non-hydrogen) atoms. The minimum atomic E-state index is -0.719. The molecule has 0 aliphatic carbocycles. The maximum Gasteiger partial charge on any atom is 0.490 e. The van der Waals surface area contributed by atoms with Gasteiger partial charge in [-0.15, -0.1) is 0 Å². The van der Waals surface area contributed by atoms with Crippen LogP contribution in [0.2, 0.25) is 0 Å². The highest BCUT2D eigenvalue weighted by Gasteiger charge is 2.15. The predicted molar refractivity (Wildman–Crippen MR) is 69.4 cm³/mol. The second-order valence-electron chi connectivity index (χ2n) is 3.55. The highest BCUT2D eigenvalue weighted by Crippen LogP contribution is 2.14. The topological polar surface area (TPSA) is 103 Å². The van der Waals surface area contributed by atoms with Gasteiger partial charge in [-0.05, 0) is 29.2 Å². The third-order valence-corrected chi connectivity index (χ3v) is 2.65. The summed E-state index contributed by atoms with van der Waals surface area (Å²) in [4.78, 5) is 24.8. The van der Waals surface area contributed by atoms with E-state index >= 15 is 0 Å². The standard InChI is InChI=1S/C10H8BrN5O3/c11-7-1-3-8(4-2-7)13-9(17)5-15-6-12-10(14-15)16(18)19/h1-4,6H,5H2,(H,13,17). The van der Waals surface area contributed by atoms with Gasteiger partial charge in [0.25, 0.3) is 0 Å². The molecule has 1 amide bonds. The molecule has 0 saturated heterocycles. The van der Waals surface area contributed by atoms with Crippen molar-refractivity contribution in [3.63, 3.8) is 0 Å².